The minimum atomic E-state index is -3.50. The minimum Gasteiger partial charge on any atom is -0.493 e. The van der Waals surface area contributed by atoms with Crippen molar-refractivity contribution in [3.8, 4) is 17.2 Å². The summed E-state index contributed by atoms with van der Waals surface area (Å²) in [6, 6.07) is 19.3. The average molecular weight is 485 g/mol. The van der Waals surface area contributed by atoms with Gasteiger partial charge in [0.15, 0.2) is 18.1 Å². The molecule has 0 fully saturated rings. The third-order valence-corrected chi connectivity index (χ3v) is 6.15. The van der Waals surface area contributed by atoms with E-state index in [2.05, 4.69) is 5.32 Å². The molecule has 0 aliphatic rings. The quantitative estimate of drug-likeness (QED) is 0.468. The first-order valence-electron chi connectivity index (χ1n) is 10.5. The van der Waals surface area contributed by atoms with Gasteiger partial charge in [-0.3, -0.25) is 9.10 Å². The number of rotatable bonds is 10. The van der Waals surface area contributed by atoms with E-state index in [1.54, 1.807) is 42.5 Å². The molecule has 9 heteroatoms. The highest BCUT2D eigenvalue weighted by atomic mass is 32.2. The Hall–Kier alpha value is -3.72. The summed E-state index contributed by atoms with van der Waals surface area (Å²) in [4.78, 5) is 12.3. The molecular formula is C25H28N2O6S. The van der Waals surface area contributed by atoms with Gasteiger partial charge in [0.2, 0.25) is 10.0 Å². The molecule has 3 rings (SSSR count). The third kappa shape index (κ3) is 6.64. The summed E-state index contributed by atoms with van der Waals surface area (Å²) in [5.74, 6) is 1.14. The standard InChI is InChI=1S/C25H28N2O6S/c1-18-5-7-19(8-6-18)16-27(34(4,29)30)21-10-12-22(13-11-21)33-17-25(28)26-20-9-14-23(31-2)24(15-20)32-3/h5-15H,16-17H2,1-4H3,(H,26,28). The lowest BCUT2D eigenvalue weighted by atomic mass is 10.1. The number of benzene rings is 3. The SMILES string of the molecule is COc1ccc(NC(=O)COc2ccc(N(Cc3ccc(C)cc3)S(C)(=O)=O)cc2)cc1OC. The average Bonchev–Trinajstić information content (AvgIpc) is 2.82. The van der Waals surface area contributed by atoms with Gasteiger partial charge in [-0.15, -0.1) is 0 Å². The van der Waals surface area contributed by atoms with E-state index in [-0.39, 0.29) is 19.1 Å². The van der Waals surface area contributed by atoms with Crippen molar-refractivity contribution in [3.63, 3.8) is 0 Å². The van der Waals surface area contributed by atoms with E-state index in [4.69, 9.17) is 14.2 Å². The topological polar surface area (TPSA) is 94.2 Å². The molecule has 0 unspecified atom stereocenters. The van der Waals surface area contributed by atoms with Crippen LogP contribution in [0.25, 0.3) is 0 Å². The zero-order chi connectivity index (χ0) is 24.7. The van der Waals surface area contributed by atoms with Crippen molar-refractivity contribution in [3.05, 3.63) is 77.9 Å². The second-order valence-corrected chi connectivity index (χ2v) is 9.56. The second kappa shape index (κ2) is 10.9. The summed E-state index contributed by atoms with van der Waals surface area (Å²) in [5, 5.41) is 2.73. The van der Waals surface area contributed by atoms with Gasteiger partial charge >= 0.3 is 0 Å². The van der Waals surface area contributed by atoms with Crippen LogP contribution in [0.2, 0.25) is 0 Å². The Morgan fingerprint density at radius 3 is 2.15 bits per heavy atom. The van der Waals surface area contributed by atoms with Gasteiger partial charge < -0.3 is 19.5 Å². The lowest BCUT2D eigenvalue weighted by Gasteiger charge is -2.23. The Balaban J connectivity index is 1.63. The number of aryl methyl sites for hydroxylation is 1. The predicted molar refractivity (Wildman–Crippen MR) is 132 cm³/mol. The summed E-state index contributed by atoms with van der Waals surface area (Å²) in [5.41, 5.74) is 3.03. The lowest BCUT2D eigenvalue weighted by Crippen LogP contribution is -2.29. The van der Waals surface area contributed by atoms with Crippen molar-refractivity contribution >= 4 is 27.3 Å². The number of anilines is 2. The number of methoxy groups -OCH3 is 2. The number of nitrogens with zero attached hydrogens (tertiary/aromatic N) is 1. The van der Waals surface area contributed by atoms with E-state index in [1.807, 2.05) is 31.2 Å². The summed E-state index contributed by atoms with van der Waals surface area (Å²) in [6.45, 7) is 1.98. The van der Waals surface area contributed by atoms with Gasteiger partial charge in [-0.05, 0) is 48.9 Å². The molecule has 3 aromatic carbocycles. The maximum absolute atomic E-state index is 12.4. The van der Waals surface area contributed by atoms with Gasteiger partial charge in [0.05, 0.1) is 32.7 Å². The highest BCUT2D eigenvalue weighted by Crippen LogP contribution is 2.29. The van der Waals surface area contributed by atoms with E-state index in [0.29, 0.717) is 28.6 Å². The van der Waals surface area contributed by atoms with Crippen LogP contribution in [0.5, 0.6) is 17.2 Å². The van der Waals surface area contributed by atoms with Crippen molar-refractivity contribution in [2.75, 3.05) is 36.7 Å². The minimum absolute atomic E-state index is 0.215. The predicted octanol–water partition coefficient (Wildman–Crippen LogP) is 4.00. The van der Waals surface area contributed by atoms with Crippen LogP contribution in [0.3, 0.4) is 0 Å². The van der Waals surface area contributed by atoms with Crippen molar-refractivity contribution in [1.29, 1.82) is 0 Å². The molecule has 180 valence electrons. The Morgan fingerprint density at radius 1 is 0.912 bits per heavy atom. The summed E-state index contributed by atoms with van der Waals surface area (Å²) >= 11 is 0. The summed E-state index contributed by atoms with van der Waals surface area (Å²) in [6.07, 6.45) is 1.17. The molecule has 0 aliphatic heterocycles. The van der Waals surface area contributed by atoms with Crippen LogP contribution in [0, 0.1) is 6.92 Å². The molecule has 0 radical (unpaired) electrons. The van der Waals surface area contributed by atoms with Crippen LogP contribution in [0.4, 0.5) is 11.4 Å². The number of carbonyl (C=O) groups excluding carboxylic acids is 1. The van der Waals surface area contributed by atoms with Gasteiger partial charge in [0.25, 0.3) is 5.91 Å². The van der Waals surface area contributed by atoms with E-state index in [0.717, 1.165) is 11.1 Å². The summed E-state index contributed by atoms with van der Waals surface area (Å²) < 4.78 is 42.1. The number of carbonyl (C=O) groups is 1. The van der Waals surface area contributed by atoms with Gasteiger partial charge in [-0.25, -0.2) is 8.42 Å². The van der Waals surface area contributed by atoms with Gasteiger partial charge in [0.1, 0.15) is 5.75 Å². The van der Waals surface area contributed by atoms with Gasteiger partial charge in [-0.2, -0.15) is 0 Å². The number of sulfonamides is 1. The molecular weight excluding hydrogens is 456 g/mol. The Morgan fingerprint density at radius 2 is 1.56 bits per heavy atom. The molecule has 8 nitrogen and oxygen atoms in total. The van der Waals surface area contributed by atoms with E-state index in [1.165, 1.54) is 24.8 Å². The number of ether oxygens (including phenoxy) is 3. The largest absolute Gasteiger partial charge is 0.493 e. The van der Waals surface area contributed by atoms with Crippen LogP contribution < -0.4 is 23.8 Å². The molecule has 1 N–H and O–H groups in total. The fraction of sp³-hybridized carbons (Fsp3) is 0.240. The first-order valence-corrected chi connectivity index (χ1v) is 12.3. The molecule has 0 atom stereocenters. The molecule has 0 heterocycles. The Labute approximate surface area is 200 Å². The van der Waals surface area contributed by atoms with Gasteiger partial charge in [-0.1, -0.05) is 29.8 Å². The molecule has 3 aromatic rings. The lowest BCUT2D eigenvalue weighted by molar-refractivity contribution is -0.118. The van der Waals surface area contributed by atoms with Crippen molar-refractivity contribution in [2.45, 2.75) is 13.5 Å². The molecule has 0 bridgehead atoms. The van der Waals surface area contributed by atoms with Crippen molar-refractivity contribution < 1.29 is 27.4 Å². The summed E-state index contributed by atoms with van der Waals surface area (Å²) in [7, 11) is -0.451. The first-order chi connectivity index (χ1) is 16.2. The van der Waals surface area contributed by atoms with Crippen LogP contribution in [0.1, 0.15) is 11.1 Å². The monoisotopic (exact) mass is 484 g/mol. The molecule has 0 aromatic heterocycles. The highest BCUT2D eigenvalue weighted by molar-refractivity contribution is 7.92. The zero-order valence-corrected chi connectivity index (χ0v) is 20.4. The fourth-order valence-corrected chi connectivity index (χ4v) is 4.12. The van der Waals surface area contributed by atoms with Crippen LogP contribution in [-0.4, -0.2) is 41.4 Å². The Kier molecular flexibility index (Phi) is 8.01. The van der Waals surface area contributed by atoms with Crippen LogP contribution >= 0.6 is 0 Å². The highest BCUT2D eigenvalue weighted by Gasteiger charge is 2.18. The Bertz CT molecular complexity index is 1230. The van der Waals surface area contributed by atoms with Gasteiger partial charge in [0, 0.05) is 11.8 Å². The zero-order valence-electron chi connectivity index (χ0n) is 19.6. The smallest absolute Gasteiger partial charge is 0.262 e. The fourth-order valence-electron chi connectivity index (χ4n) is 3.23. The molecule has 0 aliphatic carbocycles. The molecule has 0 spiro atoms. The number of hydrogen-bond acceptors (Lipinski definition) is 6. The third-order valence-electron chi connectivity index (χ3n) is 5.01. The van der Waals surface area contributed by atoms with Crippen LogP contribution in [-0.2, 0) is 21.4 Å². The van der Waals surface area contributed by atoms with E-state index in [9.17, 15) is 13.2 Å². The van der Waals surface area contributed by atoms with Crippen LogP contribution in [0.15, 0.2) is 66.7 Å². The first kappa shape index (κ1) is 24.9. The normalized spacial score (nSPS) is 10.9. The molecule has 1 amide bonds. The molecule has 34 heavy (non-hydrogen) atoms. The number of nitrogens with one attached hydrogen (secondary N) is 1. The number of hydrogen-bond donors (Lipinski definition) is 1. The van der Waals surface area contributed by atoms with E-state index < -0.39 is 10.0 Å². The van der Waals surface area contributed by atoms with Crippen molar-refractivity contribution in [1.82, 2.24) is 0 Å². The number of amides is 1. The second-order valence-electron chi connectivity index (χ2n) is 7.66. The van der Waals surface area contributed by atoms with E-state index >= 15 is 0 Å². The van der Waals surface area contributed by atoms with Crippen molar-refractivity contribution in [2.24, 2.45) is 0 Å². The maximum Gasteiger partial charge on any atom is 0.262 e. The maximum atomic E-state index is 12.4. The molecule has 0 saturated carbocycles. The molecule has 0 saturated heterocycles.